The third-order valence-corrected chi connectivity index (χ3v) is 11.2. The lowest BCUT2D eigenvalue weighted by Crippen LogP contribution is -2.47. The lowest BCUT2D eigenvalue weighted by Gasteiger charge is -2.33. The van der Waals surface area contributed by atoms with Gasteiger partial charge in [0.1, 0.15) is 0 Å². The Labute approximate surface area is 131 Å². The first kappa shape index (κ1) is 15.8. The molecule has 8 atom stereocenters. The molecule has 0 spiro atoms. The van der Waals surface area contributed by atoms with Crippen molar-refractivity contribution in [3.63, 3.8) is 0 Å². The number of aliphatic hydroxyl groups excluding tert-OH is 2. The molecule has 0 aromatic carbocycles. The smallest absolute Gasteiger partial charge is 0.0834 e. The largest absolute Gasteiger partial charge is 0.391 e. The van der Waals surface area contributed by atoms with Gasteiger partial charge in [-0.05, 0) is 19.9 Å². The van der Waals surface area contributed by atoms with E-state index in [0.717, 1.165) is 12.8 Å². The van der Waals surface area contributed by atoms with Crippen LogP contribution in [-0.2, 0) is 19.7 Å². The van der Waals surface area contributed by atoms with E-state index >= 15 is 0 Å². The minimum atomic E-state index is -0.983. The molecular weight excluding hydrogens is 338 g/mol. The summed E-state index contributed by atoms with van der Waals surface area (Å²) in [5.74, 6) is 0.713. The second kappa shape index (κ2) is 6.17. The van der Waals surface area contributed by atoms with Crippen molar-refractivity contribution < 1.29 is 18.6 Å². The Morgan fingerprint density at radius 3 is 1.65 bits per heavy atom. The van der Waals surface area contributed by atoms with Crippen LogP contribution in [0.15, 0.2) is 0 Å². The number of rotatable bonds is 2. The molecule has 3 aliphatic rings. The molecule has 3 saturated heterocycles. The number of nitrogens with zero attached hydrogens (tertiary/aromatic N) is 1. The van der Waals surface area contributed by atoms with Gasteiger partial charge in [-0.1, -0.05) is 21.6 Å². The van der Waals surface area contributed by atoms with Crippen molar-refractivity contribution in [2.75, 3.05) is 18.6 Å². The molecule has 20 heavy (non-hydrogen) atoms. The molecule has 3 fully saturated rings. The van der Waals surface area contributed by atoms with Gasteiger partial charge in [-0.25, -0.2) is 8.42 Å². The second-order valence-electron chi connectivity index (χ2n) is 5.57. The molecule has 3 heterocycles. The monoisotopic (exact) mass is 357 g/mol. The Morgan fingerprint density at radius 2 is 1.35 bits per heavy atom. The topological polar surface area (TPSA) is 77.8 Å². The maximum atomic E-state index is 11.6. The van der Waals surface area contributed by atoms with Crippen molar-refractivity contribution in [3.05, 3.63) is 0 Å². The van der Waals surface area contributed by atoms with Gasteiger partial charge in [0, 0.05) is 12.1 Å². The fourth-order valence-corrected chi connectivity index (χ4v) is 10.9. The van der Waals surface area contributed by atoms with Crippen LogP contribution >= 0.6 is 21.6 Å². The van der Waals surface area contributed by atoms with E-state index in [2.05, 4.69) is 4.90 Å². The van der Waals surface area contributed by atoms with Crippen LogP contribution in [0.1, 0.15) is 12.8 Å². The minimum Gasteiger partial charge on any atom is -0.391 e. The summed E-state index contributed by atoms with van der Waals surface area (Å²) < 4.78 is 23.1. The van der Waals surface area contributed by atoms with E-state index < -0.39 is 31.9 Å². The van der Waals surface area contributed by atoms with Crippen molar-refractivity contribution in [1.29, 1.82) is 0 Å². The molecule has 5 nitrogen and oxygen atoms in total. The number of hydrogen-bond acceptors (Lipinski definition) is 7. The summed E-state index contributed by atoms with van der Waals surface area (Å²) in [6.45, 7) is 0. The third-order valence-electron chi connectivity index (χ3n) is 4.37. The Kier molecular flexibility index (Phi) is 4.87. The van der Waals surface area contributed by atoms with Gasteiger partial charge >= 0.3 is 0 Å². The third kappa shape index (κ3) is 2.87. The molecule has 116 valence electrons. The predicted molar refractivity (Wildman–Crippen MR) is 85.4 cm³/mol. The first-order valence-corrected chi connectivity index (χ1v) is 12.1. The highest BCUT2D eigenvalue weighted by atomic mass is 33.1. The molecule has 0 aliphatic carbocycles. The van der Waals surface area contributed by atoms with Gasteiger partial charge in [-0.15, -0.1) is 0 Å². The Morgan fingerprint density at radius 1 is 0.950 bits per heavy atom. The van der Waals surface area contributed by atoms with E-state index in [1.54, 1.807) is 0 Å². The average Bonchev–Trinajstić information content (AvgIpc) is 2.98. The predicted octanol–water partition coefficient (Wildman–Crippen LogP) is -0.271. The van der Waals surface area contributed by atoms with E-state index in [4.69, 9.17) is 0 Å². The van der Waals surface area contributed by atoms with E-state index in [1.165, 1.54) is 21.6 Å². The fraction of sp³-hybridized carbons (Fsp3) is 1.00. The molecule has 2 N–H and O–H groups in total. The first-order chi connectivity index (χ1) is 9.47. The van der Waals surface area contributed by atoms with Crippen molar-refractivity contribution in [2.45, 2.75) is 47.6 Å². The lowest BCUT2D eigenvalue weighted by atomic mass is 10.1. The highest BCUT2D eigenvalue weighted by Crippen LogP contribution is 2.43. The molecule has 0 bridgehead atoms. The molecule has 3 aliphatic heterocycles. The van der Waals surface area contributed by atoms with E-state index in [-0.39, 0.29) is 22.6 Å². The lowest BCUT2D eigenvalue weighted by molar-refractivity contribution is 0.122. The summed E-state index contributed by atoms with van der Waals surface area (Å²) in [7, 11) is 2.78. The normalized spacial score (nSPS) is 53.8. The van der Waals surface area contributed by atoms with E-state index in [0.29, 0.717) is 11.5 Å². The highest BCUT2D eigenvalue weighted by Gasteiger charge is 2.48. The van der Waals surface area contributed by atoms with Crippen LogP contribution in [0.2, 0.25) is 0 Å². The van der Waals surface area contributed by atoms with Gasteiger partial charge in [0.15, 0.2) is 0 Å². The summed E-state index contributed by atoms with van der Waals surface area (Å²) in [6.07, 6.45) is 0.845. The molecule has 0 radical (unpaired) electrons. The van der Waals surface area contributed by atoms with Crippen molar-refractivity contribution >= 4 is 41.3 Å². The zero-order valence-electron chi connectivity index (χ0n) is 11.1. The van der Waals surface area contributed by atoms with Crippen LogP contribution < -0.4 is 0 Å². The van der Waals surface area contributed by atoms with Crippen LogP contribution in [-0.4, -0.2) is 76.9 Å². The van der Waals surface area contributed by atoms with Crippen LogP contribution in [0.5, 0.6) is 0 Å². The highest BCUT2D eigenvalue weighted by molar-refractivity contribution is 8.70. The maximum absolute atomic E-state index is 11.6. The zero-order valence-corrected chi connectivity index (χ0v) is 14.3. The fourth-order valence-electron chi connectivity index (χ4n) is 3.35. The maximum Gasteiger partial charge on any atom is 0.0834 e. The molecule has 0 unspecified atom stereocenters. The molecule has 9 heteroatoms. The van der Waals surface area contributed by atoms with Gasteiger partial charge in [0.2, 0.25) is 0 Å². The summed E-state index contributed by atoms with van der Waals surface area (Å²) in [5, 5.41) is 20.1. The van der Waals surface area contributed by atoms with Crippen molar-refractivity contribution in [3.8, 4) is 0 Å². The number of aliphatic hydroxyl groups is 2. The van der Waals surface area contributed by atoms with E-state index in [9.17, 15) is 18.6 Å². The minimum absolute atomic E-state index is 0.0140. The van der Waals surface area contributed by atoms with Crippen molar-refractivity contribution in [2.24, 2.45) is 0 Å². The Hall–Kier alpha value is 0.880. The van der Waals surface area contributed by atoms with Gasteiger partial charge in [0.05, 0.1) is 53.9 Å². The Balaban J connectivity index is 1.69. The van der Waals surface area contributed by atoms with Crippen LogP contribution in [0.3, 0.4) is 0 Å². The summed E-state index contributed by atoms with van der Waals surface area (Å²) in [5.41, 5.74) is 0. The Bertz CT molecular complexity index is 399. The summed E-state index contributed by atoms with van der Waals surface area (Å²) in [4.78, 5) is 2.20. The number of likely N-dealkylation sites (tertiary alicyclic amines) is 1. The molecule has 0 aromatic heterocycles. The summed E-state index contributed by atoms with van der Waals surface area (Å²) in [6, 6.07) is 0.376. The van der Waals surface area contributed by atoms with Gasteiger partial charge in [-0.3, -0.25) is 4.90 Å². The zero-order chi connectivity index (χ0) is 14.4. The quantitative estimate of drug-likeness (QED) is 0.659. The van der Waals surface area contributed by atoms with Crippen LogP contribution in [0, 0.1) is 0 Å². The first-order valence-electron chi connectivity index (χ1n) is 6.66. The number of hydrogen-bond donors (Lipinski definition) is 2. The van der Waals surface area contributed by atoms with Crippen molar-refractivity contribution in [1.82, 2.24) is 4.90 Å². The average molecular weight is 358 g/mol. The van der Waals surface area contributed by atoms with Gasteiger partial charge in [-0.2, -0.15) is 0 Å². The van der Waals surface area contributed by atoms with Crippen LogP contribution in [0.25, 0.3) is 0 Å². The molecular formula is C11H19NO4S4. The molecule has 0 saturated carbocycles. The van der Waals surface area contributed by atoms with Gasteiger partial charge in [0.25, 0.3) is 0 Å². The van der Waals surface area contributed by atoms with Gasteiger partial charge < -0.3 is 10.2 Å². The second-order valence-corrected chi connectivity index (χ2v) is 12.3. The standard InChI is InChI=1S/C11H19NO4S4/c1-12-6(10-8(13)4-19(15)17-10)2-3-7(12)11-9(14)5-20(16)18-11/h6-11,13-14H,2-5H2,1H3/t6-,7+,8-,9-,10-,11-,19+,20-/m0/s1. The van der Waals surface area contributed by atoms with Crippen LogP contribution in [0.4, 0.5) is 0 Å². The molecule has 3 rings (SSSR count). The molecule has 0 amide bonds. The summed E-state index contributed by atoms with van der Waals surface area (Å²) >= 11 is 0. The SMILES string of the molecule is CN1[C@@H]([C@@H]2S[S@](=O)C[C@@H]2O)CC[C@H]1[C@@H]1S[S@@](=O)C[C@@H]1O. The van der Waals surface area contributed by atoms with E-state index in [1.807, 2.05) is 7.05 Å². The molecule has 0 aromatic rings.